The van der Waals surface area contributed by atoms with E-state index in [2.05, 4.69) is 15.5 Å². The molecule has 40 heavy (non-hydrogen) atoms. The summed E-state index contributed by atoms with van der Waals surface area (Å²) in [5.41, 5.74) is 0.0902. The summed E-state index contributed by atoms with van der Waals surface area (Å²) >= 11 is 12.3. The third-order valence-corrected chi connectivity index (χ3v) is 7.26. The number of nitrogens with zero attached hydrogens (tertiary/aromatic N) is 2. The van der Waals surface area contributed by atoms with Crippen LogP contribution in [0.1, 0.15) is 29.8 Å². The second-order valence-electron chi connectivity index (χ2n) is 8.25. The summed E-state index contributed by atoms with van der Waals surface area (Å²) < 4.78 is 38.9. The Morgan fingerprint density at radius 1 is 1.02 bits per heavy atom. The Balaban J connectivity index is 0.00000441. The van der Waals surface area contributed by atoms with Crippen molar-refractivity contribution in [2.75, 3.05) is 11.9 Å². The molecule has 0 heterocycles. The number of halogens is 2. The van der Waals surface area contributed by atoms with E-state index in [9.17, 15) is 22.9 Å². The van der Waals surface area contributed by atoms with Gasteiger partial charge in [-0.3, -0.25) is 9.35 Å². The van der Waals surface area contributed by atoms with Crippen molar-refractivity contribution in [3.63, 3.8) is 0 Å². The monoisotopic (exact) mass is 609 g/mol. The van der Waals surface area contributed by atoms with Gasteiger partial charge in [0.25, 0.3) is 16.0 Å². The van der Waals surface area contributed by atoms with Gasteiger partial charge in [0.05, 0.1) is 27.9 Å². The van der Waals surface area contributed by atoms with Crippen molar-refractivity contribution in [1.29, 1.82) is 0 Å². The van der Waals surface area contributed by atoms with Crippen molar-refractivity contribution in [3.05, 3.63) is 81.8 Å². The maximum atomic E-state index is 13.5. The molecule has 0 aliphatic heterocycles. The Kier molecular flexibility index (Phi) is 10.6. The molecule has 0 fully saturated rings. The van der Waals surface area contributed by atoms with E-state index in [0.717, 1.165) is 0 Å². The molecule has 0 bridgehead atoms. The molecule has 202 valence electrons. The zero-order valence-electron chi connectivity index (χ0n) is 21.7. The first-order valence-corrected chi connectivity index (χ1v) is 13.9. The number of carbonyl (C=O) groups is 1. The van der Waals surface area contributed by atoms with E-state index in [1.165, 1.54) is 18.2 Å². The average molecular weight is 610 g/mol. The van der Waals surface area contributed by atoms with E-state index in [1.807, 2.05) is 0 Å². The number of azo groups is 1. The number of hydrogen-bond donors (Lipinski definition) is 2. The second kappa shape index (κ2) is 13.3. The minimum atomic E-state index is -4.56. The van der Waals surface area contributed by atoms with E-state index >= 15 is 0 Å². The molecule has 0 saturated heterocycles. The van der Waals surface area contributed by atoms with E-state index in [-0.39, 0.29) is 68.4 Å². The van der Waals surface area contributed by atoms with Crippen LogP contribution in [0.15, 0.2) is 75.8 Å². The normalized spacial score (nSPS) is 11.4. The van der Waals surface area contributed by atoms with Crippen LogP contribution in [0, 0.1) is 0 Å². The van der Waals surface area contributed by atoms with Gasteiger partial charge < -0.3 is 15.2 Å². The van der Waals surface area contributed by atoms with Gasteiger partial charge in [-0.2, -0.15) is 13.5 Å². The topological polar surface area (TPSA) is 140 Å². The zero-order valence-corrected chi connectivity index (χ0v) is 26.1. The third-order valence-electron chi connectivity index (χ3n) is 5.78. The standard InChI is InChI=1S/C27H23Cl2N3O6S.Na/c1-3-17-23(39(35,36)37)12-10-20(29)24(17)31-32-25-18-8-6-5-7-15(18)13-19(26(25)33)27(34)30-21-11-9-16(28)14-22(21)38-4-2;/h5-14,33H,3-4H2,1-2H3,(H,30,34)(H,35,36,37);/q;+1/p-1. The number of hydrogen-bond acceptors (Lipinski definition) is 7. The summed E-state index contributed by atoms with van der Waals surface area (Å²) in [6, 6.07) is 15.4. The summed E-state index contributed by atoms with van der Waals surface area (Å²) in [4.78, 5) is 12.9. The van der Waals surface area contributed by atoms with Crippen LogP contribution in [0.3, 0.4) is 0 Å². The number of nitrogens with one attached hydrogen (secondary N) is 1. The van der Waals surface area contributed by atoms with Crippen LogP contribution in [-0.2, 0) is 16.5 Å². The fourth-order valence-electron chi connectivity index (χ4n) is 4.02. The SMILES string of the molecule is CCOc1cc(Cl)ccc1NC(=O)c1cc2ccccc2c(N=Nc2c(Cl)ccc(S(=O)(=O)O)c2CC)c1[O-].[Na+]. The molecule has 0 radical (unpaired) electrons. The van der Waals surface area contributed by atoms with E-state index in [4.69, 9.17) is 27.9 Å². The fourth-order valence-corrected chi connectivity index (χ4v) is 5.19. The second-order valence-corrected chi connectivity index (χ2v) is 10.5. The van der Waals surface area contributed by atoms with Crippen LogP contribution in [0.4, 0.5) is 17.1 Å². The van der Waals surface area contributed by atoms with Crippen LogP contribution in [0.2, 0.25) is 10.0 Å². The summed E-state index contributed by atoms with van der Waals surface area (Å²) in [6.45, 7) is 3.77. The summed E-state index contributed by atoms with van der Waals surface area (Å²) in [7, 11) is -4.56. The Morgan fingerprint density at radius 3 is 2.40 bits per heavy atom. The molecule has 4 aromatic rings. The Labute approximate surface area is 263 Å². The molecule has 13 heteroatoms. The van der Waals surface area contributed by atoms with Gasteiger partial charge >= 0.3 is 29.6 Å². The molecule has 0 unspecified atom stereocenters. The number of rotatable bonds is 8. The molecular weight excluding hydrogens is 588 g/mol. The molecule has 2 N–H and O–H groups in total. The molecule has 0 aliphatic carbocycles. The van der Waals surface area contributed by atoms with Crippen LogP contribution < -0.4 is 44.7 Å². The van der Waals surface area contributed by atoms with Crippen LogP contribution in [0.25, 0.3) is 10.8 Å². The van der Waals surface area contributed by atoms with Crippen molar-refractivity contribution in [1.82, 2.24) is 0 Å². The van der Waals surface area contributed by atoms with Crippen LogP contribution in [-0.4, -0.2) is 25.5 Å². The third kappa shape index (κ3) is 6.77. The van der Waals surface area contributed by atoms with Crippen molar-refractivity contribution >= 4 is 67.1 Å². The maximum Gasteiger partial charge on any atom is 1.00 e. The predicted molar refractivity (Wildman–Crippen MR) is 149 cm³/mol. The van der Waals surface area contributed by atoms with Gasteiger partial charge in [-0.25, -0.2) is 0 Å². The van der Waals surface area contributed by atoms with Gasteiger partial charge in [0.1, 0.15) is 11.4 Å². The van der Waals surface area contributed by atoms with Gasteiger partial charge in [-0.05, 0) is 49.1 Å². The van der Waals surface area contributed by atoms with Crippen molar-refractivity contribution in [2.45, 2.75) is 25.2 Å². The number of fused-ring (bicyclic) bond motifs is 1. The molecule has 0 atom stereocenters. The molecular formula is C27H22Cl2N3NaO6S. The fraction of sp³-hybridized carbons (Fsp3) is 0.148. The largest absolute Gasteiger partial charge is 1.00 e. The van der Waals surface area contributed by atoms with E-state index in [1.54, 1.807) is 56.3 Å². The predicted octanol–water partition coefficient (Wildman–Crippen LogP) is 4.10. The number of carbonyl (C=O) groups excluding carboxylic acids is 1. The van der Waals surface area contributed by atoms with Crippen LogP contribution in [0.5, 0.6) is 11.5 Å². The van der Waals surface area contributed by atoms with Gasteiger partial charge in [0, 0.05) is 27.6 Å². The van der Waals surface area contributed by atoms with E-state index in [0.29, 0.717) is 33.8 Å². The van der Waals surface area contributed by atoms with Gasteiger partial charge in [0.2, 0.25) is 0 Å². The quantitative estimate of drug-likeness (QED) is 0.175. The Bertz CT molecular complexity index is 1730. The minimum absolute atomic E-state index is 0. The van der Waals surface area contributed by atoms with Gasteiger partial charge in [-0.15, -0.1) is 5.11 Å². The molecule has 0 aliphatic rings. The molecule has 0 spiro atoms. The number of anilines is 1. The van der Waals surface area contributed by atoms with Gasteiger partial charge in [0.15, 0.2) is 0 Å². The number of amides is 1. The maximum absolute atomic E-state index is 13.5. The first-order chi connectivity index (χ1) is 18.5. The first kappa shape index (κ1) is 31.8. The average Bonchev–Trinajstić information content (AvgIpc) is 2.89. The number of ether oxygens (including phenoxy) is 1. The summed E-state index contributed by atoms with van der Waals surface area (Å²) in [6.07, 6.45) is 0.153. The molecule has 1 amide bonds. The zero-order chi connectivity index (χ0) is 28.3. The molecule has 4 aromatic carbocycles. The van der Waals surface area contributed by atoms with Crippen LogP contribution >= 0.6 is 23.2 Å². The summed E-state index contributed by atoms with van der Waals surface area (Å²) in [5, 5.41) is 25.9. The first-order valence-electron chi connectivity index (χ1n) is 11.7. The molecule has 0 saturated carbocycles. The Morgan fingerprint density at radius 2 is 1.73 bits per heavy atom. The molecule has 9 nitrogen and oxygen atoms in total. The number of benzene rings is 4. The summed E-state index contributed by atoms with van der Waals surface area (Å²) in [5.74, 6) is -1.07. The van der Waals surface area contributed by atoms with Crippen molar-refractivity contribution in [3.8, 4) is 11.5 Å². The van der Waals surface area contributed by atoms with Crippen molar-refractivity contribution in [2.24, 2.45) is 10.2 Å². The molecule has 0 aromatic heterocycles. The molecule has 4 rings (SSSR count). The Hall–Kier alpha value is -2.70. The smallest absolute Gasteiger partial charge is 0.870 e. The van der Waals surface area contributed by atoms with Gasteiger partial charge in [-0.1, -0.05) is 60.1 Å². The van der Waals surface area contributed by atoms with Crippen molar-refractivity contribution < 1.29 is 57.2 Å². The minimum Gasteiger partial charge on any atom is -0.870 e. The van der Waals surface area contributed by atoms with E-state index < -0.39 is 21.8 Å².